The van der Waals surface area contributed by atoms with Crippen molar-refractivity contribution < 1.29 is 4.79 Å². The highest BCUT2D eigenvalue weighted by molar-refractivity contribution is 7.16. The number of aromatic amines is 1. The highest BCUT2D eigenvalue weighted by Gasteiger charge is 2.13. The van der Waals surface area contributed by atoms with Gasteiger partial charge in [0.2, 0.25) is 5.95 Å². The number of benzene rings is 1. The van der Waals surface area contributed by atoms with Gasteiger partial charge in [0.1, 0.15) is 4.83 Å². The Morgan fingerprint density at radius 2 is 2.00 bits per heavy atom. The molecule has 2 aromatic heterocycles. The Bertz CT molecular complexity index is 917. The van der Waals surface area contributed by atoms with Crippen molar-refractivity contribution in [1.29, 1.82) is 0 Å². The van der Waals surface area contributed by atoms with Gasteiger partial charge in [-0.2, -0.15) is 0 Å². The van der Waals surface area contributed by atoms with E-state index in [0.717, 1.165) is 5.56 Å². The highest BCUT2D eigenvalue weighted by atomic mass is 32.1. The summed E-state index contributed by atoms with van der Waals surface area (Å²) in [5, 5.41) is 5.20. The Morgan fingerprint density at radius 3 is 2.71 bits per heavy atom. The summed E-state index contributed by atoms with van der Waals surface area (Å²) in [5.41, 5.74) is 6.47. The van der Waals surface area contributed by atoms with Crippen LogP contribution in [-0.4, -0.2) is 16.0 Å². The fraction of sp³-hybridized carbons (Fsp3) is 0.188. The number of carbonyl (C=O) groups is 1. The fourth-order valence-corrected chi connectivity index (χ4v) is 3.36. The van der Waals surface area contributed by atoms with Crippen molar-refractivity contribution in [2.75, 3.05) is 10.7 Å². The number of fused-ring (bicyclic) bond motifs is 1. The van der Waals surface area contributed by atoms with E-state index in [1.165, 1.54) is 11.3 Å². The van der Waals surface area contributed by atoms with Crippen LogP contribution in [0.25, 0.3) is 10.2 Å². The highest BCUT2D eigenvalue weighted by Crippen LogP contribution is 2.27. The summed E-state index contributed by atoms with van der Waals surface area (Å²) >= 11 is 1.41. The lowest BCUT2D eigenvalue weighted by Crippen LogP contribution is -2.34. The molecule has 0 aliphatic carbocycles. The van der Waals surface area contributed by atoms with E-state index in [-0.39, 0.29) is 17.4 Å². The molecule has 0 spiro atoms. The molecule has 2 heterocycles. The molecule has 0 saturated carbocycles. The van der Waals surface area contributed by atoms with Gasteiger partial charge in [0.25, 0.3) is 5.56 Å². The van der Waals surface area contributed by atoms with Crippen LogP contribution in [-0.2, 0) is 0 Å². The number of nitrogens with zero attached hydrogens (tertiary/aromatic N) is 1. The van der Waals surface area contributed by atoms with E-state index in [0.29, 0.717) is 15.9 Å². The zero-order chi connectivity index (χ0) is 17.1. The fourth-order valence-electron chi connectivity index (χ4n) is 2.25. The topological polar surface area (TPSA) is 98.9 Å². The van der Waals surface area contributed by atoms with Gasteiger partial charge in [-0.1, -0.05) is 32.0 Å². The first-order chi connectivity index (χ1) is 11.5. The first-order valence-corrected chi connectivity index (χ1v) is 8.32. The molecule has 0 saturated heterocycles. The molecular weight excluding hydrogens is 326 g/mol. The molecule has 2 amide bonds. The number of aromatic nitrogens is 2. The van der Waals surface area contributed by atoms with Crippen LogP contribution in [0.5, 0.6) is 0 Å². The second kappa shape index (κ2) is 6.71. The largest absolute Gasteiger partial charge is 0.337 e. The molecule has 8 heteroatoms. The molecule has 3 aromatic rings. The monoisotopic (exact) mass is 343 g/mol. The van der Waals surface area contributed by atoms with Crippen molar-refractivity contribution in [1.82, 2.24) is 15.4 Å². The van der Waals surface area contributed by atoms with Crippen LogP contribution in [0.2, 0.25) is 0 Å². The predicted molar refractivity (Wildman–Crippen MR) is 96.5 cm³/mol. The lowest BCUT2D eigenvalue weighted by Gasteiger charge is -2.09. The normalized spacial score (nSPS) is 10.8. The lowest BCUT2D eigenvalue weighted by atomic mass is 10.0. The van der Waals surface area contributed by atoms with E-state index in [9.17, 15) is 9.59 Å². The van der Waals surface area contributed by atoms with Gasteiger partial charge in [0.05, 0.1) is 5.39 Å². The van der Waals surface area contributed by atoms with Gasteiger partial charge in [0.15, 0.2) is 0 Å². The lowest BCUT2D eigenvalue weighted by molar-refractivity contribution is 0.253. The molecule has 4 N–H and O–H groups in total. The number of carbonyl (C=O) groups excluding carboxylic acids is 1. The maximum Gasteiger partial charge on any atom is 0.337 e. The number of nitrogens with one attached hydrogen (secondary N) is 4. The third-order valence-electron chi connectivity index (χ3n) is 3.42. The minimum Gasteiger partial charge on any atom is -0.307 e. The molecule has 7 nitrogen and oxygen atoms in total. The third kappa shape index (κ3) is 3.38. The van der Waals surface area contributed by atoms with Crippen molar-refractivity contribution in [2.24, 2.45) is 0 Å². The molecule has 124 valence electrons. The molecular formula is C16H17N5O2S. The molecule has 0 atom stereocenters. The third-order valence-corrected chi connectivity index (χ3v) is 4.31. The number of hydrazine groups is 1. The number of hydrogen-bond donors (Lipinski definition) is 4. The second-order valence-electron chi connectivity index (χ2n) is 5.51. The standard InChI is InChI=1S/C16H17N5O2S/c1-9(2)11-8-24-14-12(11)13(22)18-15(19-14)20-21-16(23)17-10-6-4-3-5-7-10/h3-9H,1-2H3,(H2,17,21,23)(H2,18,19,20,22). The van der Waals surface area contributed by atoms with Crippen molar-refractivity contribution in [3.8, 4) is 0 Å². The average molecular weight is 343 g/mol. The maximum absolute atomic E-state index is 12.3. The van der Waals surface area contributed by atoms with Gasteiger partial charge < -0.3 is 5.32 Å². The Labute approximate surface area is 142 Å². The number of para-hydroxylation sites is 1. The van der Waals surface area contributed by atoms with Crippen LogP contribution in [0.1, 0.15) is 25.3 Å². The summed E-state index contributed by atoms with van der Waals surface area (Å²) in [5.74, 6) is 0.433. The summed E-state index contributed by atoms with van der Waals surface area (Å²) in [4.78, 5) is 31.7. The first-order valence-electron chi connectivity index (χ1n) is 7.44. The van der Waals surface area contributed by atoms with Crippen molar-refractivity contribution >= 4 is 39.2 Å². The molecule has 0 aliphatic heterocycles. The molecule has 1 aromatic carbocycles. The molecule has 0 aliphatic rings. The van der Waals surface area contributed by atoms with E-state index in [2.05, 4.69) is 26.1 Å². The van der Waals surface area contributed by atoms with Crippen molar-refractivity contribution in [3.05, 3.63) is 51.6 Å². The number of H-pyrrole nitrogens is 1. The Morgan fingerprint density at radius 1 is 1.25 bits per heavy atom. The number of anilines is 2. The Hall–Kier alpha value is -2.87. The van der Waals surface area contributed by atoms with Gasteiger partial charge in [-0.25, -0.2) is 15.2 Å². The summed E-state index contributed by atoms with van der Waals surface area (Å²) in [6.45, 7) is 4.06. The molecule has 3 rings (SSSR count). The van der Waals surface area contributed by atoms with Gasteiger partial charge in [0, 0.05) is 5.69 Å². The SMILES string of the molecule is CC(C)c1csc2nc(NNC(=O)Nc3ccccc3)[nH]c(=O)c12. The van der Waals surface area contributed by atoms with Gasteiger partial charge in [-0.15, -0.1) is 11.3 Å². The predicted octanol–water partition coefficient (Wildman–Crippen LogP) is 3.26. The quantitative estimate of drug-likeness (QED) is 0.546. The molecule has 0 radical (unpaired) electrons. The van der Waals surface area contributed by atoms with Crippen LogP contribution >= 0.6 is 11.3 Å². The van der Waals surface area contributed by atoms with Crippen LogP contribution in [0.3, 0.4) is 0 Å². The van der Waals surface area contributed by atoms with Crippen LogP contribution in [0.15, 0.2) is 40.5 Å². The Balaban J connectivity index is 1.72. The number of thiophene rings is 1. The molecule has 0 unspecified atom stereocenters. The van der Waals surface area contributed by atoms with Crippen LogP contribution in [0.4, 0.5) is 16.4 Å². The molecule has 24 heavy (non-hydrogen) atoms. The second-order valence-corrected chi connectivity index (χ2v) is 6.37. The van der Waals surface area contributed by atoms with Crippen molar-refractivity contribution in [2.45, 2.75) is 19.8 Å². The van der Waals surface area contributed by atoms with E-state index in [1.54, 1.807) is 12.1 Å². The number of hydrogen-bond acceptors (Lipinski definition) is 5. The number of amides is 2. The smallest absolute Gasteiger partial charge is 0.307 e. The average Bonchev–Trinajstić information content (AvgIpc) is 2.99. The number of rotatable bonds is 4. The minimum atomic E-state index is -0.460. The van der Waals surface area contributed by atoms with E-state index in [1.807, 2.05) is 37.4 Å². The van der Waals surface area contributed by atoms with Crippen LogP contribution < -0.4 is 21.7 Å². The van der Waals surface area contributed by atoms with E-state index >= 15 is 0 Å². The number of urea groups is 1. The van der Waals surface area contributed by atoms with Crippen molar-refractivity contribution in [3.63, 3.8) is 0 Å². The maximum atomic E-state index is 12.3. The van der Waals surface area contributed by atoms with Crippen LogP contribution in [0, 0.1) is 0 Å². The summed E-state index contributed by atoms with van der Waals surface area (Å²) in [6, 6.07) is 8.57. The zero-order valence-corrected chi connectivity index (χ0v) is 14.0. The van der Waals surface area contributed by atoms with Gasteiger partial charge in [-0.05, 0) is 29.0 Å². The zero-order valence-electron chi connectivity index (χ0n) is 13.2. The molecule has 0 fully saturated rings. The first kappa shape index (κ1) is 16.0. The van der Waals surface area contributed by atoms with Gasteiger partial charge in [-0.3, -0.25) is 15.2 Å². The summed E-state index contributed by atoms with van der Waals surface area (Å²) in [6.07, 6.45) is 0. The van der Waals surface area contributed by atoms with E-state index < -0.39 is 6.03 Å². The van der Waals surface area contributed by atoms with E-state index in [4.69, 9.17) is 0 Å². The summed E-state index contributed by atoms with van der Waals surface area (Å²) in [7, 11) is 0. The molecule has 0 bridgehead atoms. The Kier molecular flexibility index (Phi) is 4.48. The summed E-state index contributed by atoms with van der Waals surface area (Å²) < 4.78 is 0. The van der Waals surface area contributed by atoms with Gasteiger partial charge >= 0.3 is 6.03 Å². The minimum absolute atomic E-state index is 0.188.